The Morgan fingerprint density at radius 2 is 2.13 bits per heavy atom. The average Bonchev–Trinajstić information content (AvgIpc) is 2.60. The summed E-state index contributed by atoms with van der Waals surface area (Å²) in [5, 5.41) is 11.9. The van der Waals surface area contributed by atoms with E-state index in [-0.39, 0.29) is 5.57 Å². The second kappa shape index (κ2) is 7.61. The Hall–Kier alpha value is -3.33. The van der Waals surface area contributed by atoms with Gasteiger partial charge in [0.2, 0.25) is 0 Å². The number of ether oxygens (including phenoxy) is 2. The number of carbonyl (C=O) groups excluding carboxylic acids is 1. The number of hydrogen-bond donors (Lipinski definition) is 1. The van der Waals surface area contributed by atoms with Crippen molar-refractivity contribution in [1.82, 2.24) is 4.98 Å². The number of nitriles is 1. The summed E-state index contributed by atoms with van der Waals surface area (Å²) in [4.78, 5) is 16.1. The number of amides is 1. The summed E-state index contributed by atoms with van der Waals surface area (Å²) < 4.78 is 10.4. The van der Waals surface area contributed by atoms with Gasteiger partial charge in [0.15, 0.2) is 0 Å². The third-order valence-corrected chi connectivity index (χ3v) is 3.02. The maximum absolute atomic E-state index is 12.2. The Morgan fingerprint density at radius 1 is 1.30 bits per heavy atom. The summed E-state index contributed by atoms with van der Waals surface area (Å²) in [5.74, 6) is 0.611. The topological polar surface area (TPSA) is 84.2 Å². The molecule has 0 atom stereocenters. The molecule has 1 amide bonds. The molecule has 1 aromatic heterocycles. The minimum absolute atomic E-state index is 0.0552. The van der Waals surface area contributed by atoms with E-state index in [4.69, 9.17) is 9.47 Å². The molecule has 0 radical (unpaired) electrons. The number of rotatable bonds is 5. The molecule has 0 bridgehead atoms. The number of pyridine rings is 1. The SMILES string of the molecule is COc1ccc(OC)c(/C=C(\C#N)C(=O)Nc2cccnc2)c1. The highest BCUT2D eigenvalue weighted by Gasteiger charge is 2.12. The van der Waals surface area contributed by atoms with Gasteiger partial charge in [-0.25, -0.2) is 0 Å². The summed E-state index contributed by atoms with van der Waals surface area (Å²) in [5.41, 5.74) is 1.03. The normalized spacial score (nSPS) is 10.6. The highest BCUT2D eigenvalue weighted by Crippen LogP contribution is 2.26. The Balaban J connectivity index is 2.31. The smallest absolute Gasteiger partial charge is 0.266 e. The van der Waals surface area contributed by atoms with Crippen molar-refractivity contribution in [1.29, 1.82) is 5.26 Å². The van der Waals surface area contributed by atoms with Gasteiger partial charge in [0.25, 0.3) is 5.91 Å². The number of aromatic nitrogens is 1. The number of nitrogens with one attached hydrogen (secondary N) is 1. The van der Waals surface area contributed by atoms with E-state index in [1.807, 2.05) is 6.07 Å². The van der Waals surface area contributed by atoms with E-state index in [1.54, 1.807) is 36.5 Å². The molecule has 0 aliphatic carbocycles. The molecular formula is C17H15N3O3. The minimum Gasteiger partial charge on any atom is -0.497 e. The Morgan fingerprint density at radius 3 is 2.74 bits per heavy atom. The summed E-state index contributed by atoms with van der Waals surface area (Å²) in [6.45, 7) is 0. The van der Waals surface area contributed by atoms with E-state index in [1.165, 1.54) is 26.5 Å². The van der Waals surface area contributed by atoms with E-state index in [9.17, 15) is 10.1 Å². The van der Waals surface area contributed by atoms with Crippen LogP contribution in [0, 0.1) is 11.3 Å². The lowest BCUT2D eigenvalue weighted by Gasteiger charge is -2.08. The number of methoxy groups -OCH3 is 2. The van der Waals surface area contributed by atoms with Gasteiger partial charge < -0.3 is 14.8 Å². The number of hydrogen-bond acceptors (Lipinski definition) is 5. The largest absolute Gasteiger partial charge is 0.497 e. The number of benzene rings is 1. The van der Waals surface area contributed by atoms with Crippen molar-refractivity contribution in [2.45, 2.75) is 0 Å². The van der Waals surface area contributed by atoms with Crippen molar-refractivity contribution in [3.05, 3.63) is 53.9 Å². The summed E-state index contributed by atoms with van der Waals surface area (Å²) in [7, 11) is 3.05. The van der Waals surface area contributed by atoms with Gasteiger partial charge in [-0.05, 0) is 36.4 Å². The minimum atomic E-state index is -0.523. The molecule has 6 heteroatoms. The molecule has 0 saturated heterocycles. The van der Waals surface area contributed by atoms with Crippen molar-refractivity contribution >= 4 is 17.7 Å². The van der Waals surface area contributed by atoms with Gasteiger partial charge in [-0.1, -0.05) is 0 Å². The quantitative estimate of drug-likeness (QED) is 0.678. The Bertz CT molecular complexity index is 764. The van der Waals surface area contributed by atoms with Crippen molar-refractivity contribution in [2.24, 2.45) is 0 Å². The molecule has 0 saturated carbocycles. The van der Waals surface area contributed by atoms with Crippen LogP contribution >= 0.6 is 0 Å². The van der Waals surface area contributed by atoms with Gasteiger partial charge in [0.1, 0.15) is 23.1 Å². The molecule has 1 heterocycles. The van der Waals surface area contributed by atoms with Crippen molar-refractivity contribution in [3.63, 3.8) is 0 Å². The predicted molar refractivity (Wildman–Crippen MR) is 86.0 cm³/mol. The lowest BCUT2D eigenvalue weighted by molar-refractivity contribution is -0.112. The molecule has 0 aliphatic rings. The zero-order valence-electron chi connectivity index (χ0n) is 12.7. The standard InChI is InChI=1S/C17H15N3O3/c1-22-15-5-6-16(23-2)12(9-15)8-13(10-18)17(21)20-14-4-3-7-19-11-14/h3-9,11H,1-2H3,(H,20,21)/b13-8+. The van der Waals surface area contributed by atoms with Gasteiger partial charge in [0.05, 0.1) is 26.1 Å². The van der Waals surface area contributed by atoms with Gasteiger partial charge in [-0.15, -0.1) is 0 Å². The third kappa shape index (κ3) is 4.08. The van der Waals surface area contributed by atoms with Crippen LogP contribution in [0.1, 0.15) is 5.56 Å². The van der Waals surface area contributed by atoms with Crippen LogP contribution in [0.15, 0.2) is 48.3 Å². The highest BCUT2D eigenvalue weighted by molar-refractivity contribution is 6.09. The van der Waals surface area contributed by atoms with Crippen LogP contribution < -0.4 is 14.8 Å². The van der Waals surface area contributed by atoms with Crippen molar-refractivity contribution < 1.29 is 14.3 Å². The van der Waals surface area contributed by atoms with Crippen LogP contribution in [0.3, 0.4) is 0 Å². The van der Waals surface area contributed by atoms with Gasteiger partial charge in [0, 0.05) is 11.8 Å². The van der Waals surface area contributed by atoms with Crippen LogP contribution in [-0.4, -0.2) is 25.1 Å². The molecular weight excluding hydrogens is 294 g/mol. The van der Waals surface area contributed by atoms with Gasteiger partial charge in [-0.2, -0.15) is 5.26 Å². The van der Waals surface area contributed by atoms with E-state index < -0.39 is 5.91 Å². The van der Waals surface area contributed by atoms with Crippen molar-refractivity contribution in [3.8, 4) is 17.6 Å². The first-order valence-electron chi connectivity index (χ1n) is 6.73. The first-order valence-corrected chi connectivity index (χ1v) is 6.73. The molecule has 2 aromatic rings. The molecule has 0 aliphatic heterocycles. The lowest BCUT2D eigenvalue weighted by Crippen LogP contribution is -2.13. The number of anilines is 1. The number of carbonyl (C=O) groups is 1. The van der Waals surface area contributed by atoms with E-state index in [0.717, 1.165) is 0 Å². The van der Waals surface area contributed by atoms with Gasteiger partial charge in [-0.3, -0.25) is 9.78 Å². The Kier molecular flexibility index (Phi) is 5.31. The van der Waals surface area contributed by atoms with Crippen LogP contribution in [-0.2, 0) is 4.79 Å². The predicted octanol–water partition coefficient (Wildman–Crippen LogP) is 2.64. The van der Waals surface area contributed by atoms with E-state index in [2.05, 4.69) is 10.3 Å². The van der Waals surface area contributed by atoms with Gasteiger partial charge >= 0.3 is 0 Å². The molecule has 0 fully saturated rings. The maximum Gasteiger partial charge on any atom is 0.266 e. The average molecular weight is 309 g/mol. The first-order chi connectivity index (χ1) is 11.2. The fourth-order valence-electron chi connectivity index (χ4n) is 1.89. The first kappa shape index (κ1) is 16.0. The summed E-state index contributed by atoms with van der Waals surface area (Å²) in [6, 6.07) is 10.4. The van der Waals surface area contributed by atoms with Crippen molar-refractivity contribution in [2.75, 3.05) is 19.5 Å². The van der Waals surface area contributed by atoms with Crippen LogP contribution in [0.2, 0.25) is 0 Å². The fourth-order valence-corrected chi connectivity index (χ4v) is 1.89. The van der Waals surface area contributed by atoms with Crippen LogP contribution in [0.4, 0.5) is 5.69 Å². The maximum atomic E-state index is 12.2. The molecule has 1 aromatic carbocycles. The monoisotopic (exact) mass is 309 g/mol. The zero-order chi connectivity index (χ0) is 16.7. The molecule has 2 rings (SSSR count). The Labute approximate surface area is 134 Å². The van der Waals surface area contributed by atoms with E-state index >= 15 is 0 Å². The molecule has 0 spiro atoms. The second-order valence-electron chi connectivity index (χ2n) is 4.47. The third-order valence-electron chi connectivity index (χ3n) is 3.02. The molecule has 6 nitrogen and oxygen atoms in total. The molecule has 1 N–H and O–H groups in total. The van der Waals surface area contributed by atoms with Crippen LogP contribution in [0.5, 0.6) is 11.5 Å². The summed E-state index contributed by atoms with van der Waals surface area (Å²) in [6.07, 6.45) is 4.55. The molecule has 0 unspecified atom stereocenters. The fraction of sp³-hybridized carbons (Fsp3) is 0.118. The lowest BCUT2D eigenvalue weighted by atomic mass is 10.1. The van der Waals surface area contributed by atoms with Crippen LogP contribution in [0.25, 0.3) is 6.08 Å². The summed E-state index contributed by atoms with van der Waals surface area (Å²) >= 11 is 0. The molecule has 23 heavy (non-hydrogen) atoms. The number of nitrogens with zero attached hydrogens (tertiary/aromatic N) is 2. The zero-order valence-corrected chi connectivity index (χ0v) is 12.7. The van der Waals surface area contributed by atoms with E-state index in [0.29, 0.717) is 22.7 Å². The molecule has 116 valence electrons. The second-order valence-corrected chi connectivity index (χ2v) is 4.47. The highest BCUT2D eigenvalue weighted by atomic mass is 16.5.